The molecule has 0 saturated carbocycles. The van der Waals surface area contributed by atoms with Crippen molar-refractivity contribution < 1.29 is 4.79 Å². The number of halogens is 2. The van der Waals surface area contributed by atoms with Gasteiger partial charge in [0.2, 0.25) is 0 Å². The van der Waals surface area contributed by atoms with Gasteiger partial charge in [0.15, 0.2) is 5.69 Å². The molecule has 3 aromatic rings. The molecule has 1 heterocycles. The smallest absolute Gasteiger partial charge is 0.267 e. The van der Waals surface area contributed by atoms with Gasteiger partial charge in [-0.3, -0.25) is 9.59 Å². The summed E-state index contributed by atoms with van der Waals surface area (Å²) in [5.74, 6) is -0.509. The number of nitrogens with zero attached hydrogens (tertiary/aromatic N) is 3. The van der Waals surface area contributed by atoms with E-state index in [1.807, 2.05) is 13.8 Å². The van der Waals surface area contributed by atoms with E-state index >= 15 is 0 Å². The number of fused-ring (bicyclic) bond motifs is 1. The van der Waals surface area contributed by atoms with Crippen LogP contribution in [0.15, 0.2) is 52.4 Å². The summed E-state index contributed by atoms with van der Waals surface area (Å²) in [7, 11) is 0. The highest BCUT2D eigenvalue weighted by Crippen LogP contribution is 2.23. The summed E-state index contributed by atoms with van der Waals surface area (Å²) in [6, 6.07) is 11.8. The number of hydrogen-bond acceptors (Lipinski definition) is 4. The molecular weight excluding hydrogens is 399 g/mol. The Morgan fingerprint density at radius 3 is 2.43 bits per heavy atom. The summed E-state index contributed by atoms with van der Waals surface area (Å²) in [5.41, 5.74) is 3.67. The Labute approximate surface area is 171 Å². The van der Waals surface area contributed by atoms with Crippen molar-refractivity contribution in [2.24, 2.45) is 5.10 Å². The van der Waals surface area contributed by atoms with Gasteiger partial charge in [0.25, 0.3) is 11.5 Å². The molecule has 1 N–H and O–H groups in total. The quantitative estimate of drug-likeness (QED) is 0.504. The molecule has 2 aromatic carbocycles. The highest BCUT2D eigenvalue weighted by molar-refractivity contribution is 6.42. The highest BCUT2D eigenvalue weighted by Gasteiger charge is 2.17. The normalized spacial score (nSPS) is 11.9. The molecule has 0 bridgehead atoms. The molecule has 8 heteroatoms. The Morgan fingerprint density at radius 2 is 1.79 bits per heavy atom. The lowest BCUT2D eigenvalue weighted by Gasteiger charge is -2.12. The van der Waals surface area contributed by atoms with Crippen molar-refractivity contribution in [3.8, 4) is 0 Å². The van der Waals surface area contributed by atoms with Gasteiger partial charge in [-0.05, 0) is 44.5 Å². The molecular formula is C20H18Cl2N4O2. The topological polar surface area (TPSA) is 76.3 Å². The summed E-state index contributed by atoms with van der Waals surface area (Å²) in [5, 5.41) is 10.1. The Kier molecular flexibility index (Phi) is 5.82. The fourth-order valence-electron chi connectivity index (χ4n) is 2.70. The van der Waals surface area contributed by atoms with E-state index in [0.29, 0.717) is 26.5 Å². The lowest BCUT2D eigenvalue weighted by molar-refractivity contribution is 0.0949. The first-order chi connectivity index (χ1) is 13.3. The van der Waals surface area contributed by atoms with E-state index in [-0.39, 0.29) is 17.3 Å². The number of amides is 1. The van der Waals surface area contributed by atoms with Crippen molar-refractivity contribution in [3.63, 3.8) is 0 Å². The summed E-state index contributed by atoms with van der Waals surface area (Å²) >= 11 is 12.0. The molecule has 0 radical (unpaired) electrons. The minimum Gasteiger partial charge on any atom is -0.267 e. The second-order valence-corrected chi connectivity index (χ2v) is 7.32. The Bertz CT molecular complexity index is 1150. The minimum atomic E-state index is -0.509. The zero-order valence-electron chi connectivity index (χ0n) is 15.5. The number of benzene rings is 2. The Balaban J connectivity index is 1.98. The number of rotatable bonds is 4. The van der Waals surface area contributed by atoms with Crippen LogP contribution < -0.4 is 11.0 Å². The van der Waals surface area contributed by atoms with Crippen molar-refractivity contribution in [1.29, 1.82) is 0 Å². The second kappa shape index (κ2) is 8.12. The van der Waals surface area contributed by atoms with Gasteiger partial charge in [-0.2, -0.15) is 10.2 Å². The molecule has 3 rings (SSSR count). The molecule has 0 saturated heterocycles. The summed E-state index contributed by atoms with van der Waals surface area (Å²) in [6.45, 7) is 5.40. The molecule has 0 aliphatic carbocycles. The average Bonchev–Trinajstić information content (AvgIpc) is 2.68. The third-order valence-electron chi connectivity index (χ3n) is 4.20. The molecule has 6 nitrogen and oxygen atoms in total. The van der Waals surface area contributed by atoms with E-state index in [9.17, 15) is 9.59 Å². The molecule has 1 aromatic heterocycles. The van der Waals surface area contributed by atoms with E-state index in [0.717, 1.165) is 5.56 Å². The van der Waals surface area contributed by atoms with Crippen LogP contribution in [-0.4, -0.2) is 21.4 Å². The molecule has 1 amide bonds. The van der Waals surface area contributed by atoms with Gasteiger partial charge in [-0.15, -0.1) is 0 Å². The zero-order valence-corrected chi connectivity index (χ0v) is 17.0. The van der Waals surface area contributed by atoms with Crippen LogP contribution in [0.25, 0.3) is 10.8 Å². The predicted molar refractivity (Wildman–Crippen MR) is 113 cm³/mol. The number of hydrazone groups is 1. The lowest BCUT2D eigenvalue weighted by atomic mass is 10.1. The molecule has 144 valence electrons. The van der Waals surface area contributed by atoms with Crippen LogP contribution >= 0.6 is 23.2 Å². The van der Waals surface area contributed by atoms with E-state index in [1.165, 1.54) is 4.68 Å². The van der Waals surface area contributed by atoms with Gasteiger partial charge in [0.05, 0.1) is 27.2 Å². The van der Waals surface area contributed by atoms with Crippen LogP contribution in [0.3, 0.4) is 0 Å². The fourth-order valence-corrected chi connectivity index (χ4v) is 3.00. The number of carbonyl (C=O) groups is 1. The lowest BCUT2D eigenvalue weighted by Crippen LogP contribution is -2.30. The second-order valence-electron chi connectivity index (χ2n) is 6.50. The van der Waals surface area contributed by atoms with Crippen molar-refractivity contribution in [3.05, 3.63) is 74.1 Å². The summed E-state index contributed by atoms with van der Waals surface area (Å²) < 4.78 is 1.30. The highest BCUT2D eigenvalue weighted by atomic mass is 35.5. The van der Waals surface area contributed by atoms with E-state index in [1.54, 1.807) is 49.4 Å². The first kappa shape index (κ1) is 20.0. The first-order valence-electron chi connectivity index (χ1n) is 8.61. The monoisotopic (exact) mass is 416 g/mol. The van der Waals surface area contributed by atoms with Crippen molar-refractivity contribution in [1.82, 2.24) is 15.2 Å². The van der Waals surface area contributed by atoms with Crippen LogP contribution in [0.1, 0.15) is 42.9 Å². The fraction of sp³-hybridized carbons (Fsp3) is 0.200. The van der Waals surface area contributed by atoms with Gasteiger partial charge in [-0.25, -0.2) is 10.1 Å². The zero-order chi connectivity index (χ0) is 20.4. The summed E-state index contributed by atoms with van der Waals surface area (Å²) in [6.07, 6.45) is 0. The van der Waals surface area contributed by atoms with Crippen molar-refractivity contribution in [2.75, 3.05) is 0 Å². The van der Waals surface area contributed by atoms with E-state index in [4.69, 9.17) is 23.2 Å². The number of aromatic nitrogens is 2. The molecule has 0 aliphatic rings. The van der Waals surface area contributed by atoms with E-state index in [2.05, 4.69) is 15.6 Å². The van der Waals surface area contributed by atoms with Gasteiger partial charge >= 0.3 is 0 Å². The maximum absolute atomic E-state index is 12.8. The molecule has 0 aliphatic heterocycles. The molecule has 0 fully saturated rings. The van der Waals surface area contributed by atoms with E-state index < -0.39 is 5.91 Å². The molecule has 0 unspecified atom stereocenters. The van der Waals surface area contributed by atoms with Crippen molar-refractivity contribution >= 4 is 45.6 Å². The third kappa shape index (κ3) is 3.93. The standard InChI is InChI=1S/C20H18Cl2N4O2/c1-11(2)26-20(28)15-7-5-4-6-14(15)18(25-26)19(27)24-23-12(3)13-8-9-16(21)17(22)10-13/h4-11H,1-3H3,(H,24,27)/b23-12-. The number of hydrogen-bond donors (Lipinski definition) is 1. The van der Waals surface area contributed by atoms with Crippen molar-refractivity contribution in [2.45, 2.75) is 26.8 Å². The Morgan fingerprint density at radius 1 is 1.11 bits per heavy atom. The van der Waals surface area contributed by atoms with Gasteiger partial charge in [-0.1, -0.05) is 47.5 Å². The summed E-state index contributed by atoms with van der Waals surface area (Å²) in [4.78, 5) is 25.3. The third-order valence-corrected chi connectivity index (χ3v) is 4.93. The molecule has 28 heavy (non-hydrogen) atoms. The van der Waals surface area contributed by atoms with Gasteiger partial charge in [0.1, 0.15) is 0 Å². The number of nitrogens with one attached hydrogen (secondary N) is 1. The minimum absolute atomic E-state index is 0.134. The molecule has 0 atom stereocenters. The van der Waals surface area contributed by atoms with Crippen LogP contribution in [-0.2, 0) is 0 Å². The van der Waals surface area contributed by atoms with Crippen LogP contribution in [0, 0.1) is 0 Å². The van der Waals surface area contributed by atoms with Gasteiger partial charge < -0.3 is 0 Å². The maximum Gasteiger partial charge on any atom is 0.292 e. The van der Waals surface area contributed by atoms with Gasteiger partial charge in [0, 0.05) is 5.39 Å². The largest absolute Gasteiger partial charge is 0.292 e. The first-order valence-corrected chi connectivity index (χ1v) is 9.36. The van der Waals surface area contributed by atoms with Crippen LogP contribution in [0.2, 0.25) is 10.0 Å². The maximum atomic E-state index is 12.8. The average molecular weight is 417 g/mol. The van der Waals surface area contributed by atoms with Crippen LogP contribution in [0.4, 0.5) is 0 Å². The Hall–Kier alpha value is -2.70. The number of carbonyl (C=O) groups excluding carboxylic acids is 1. The van der Waals surface area contributed by atoms with Crippen LogP contribution in [0.5, 0.6) is 0 Å². The SMILES string of the molecule is C/C(=N/NC(=O)c1nn(C(C)C)c(=O)c2ccccc12)c1ccc(Cl)c(Cl)c1. The predicted octanol–water partition coefficient (Wildman–Crippen LogP) is 4.44. The molecule has 0 spiro atoms.